The van der Waals surface area contributed by atoms with E-state index in [2.05, 4.69) is 10.1 Å². The fourth-order valence-corrected chi connectivity index (χ4v) is 1.31. The highest BCUT2D eigenvalue weighted by Crippen LogP contribution is 2.03. The highest BCUT2D eigenvalue weighted by atomic mass is 16.5. The fourth-order valence-electron chi connectivity index (χ4n) is 1.31. The van der Waals surface area contributed by atoms with Gasteiger partial charge in [-0.05, 0) is 19.1 Å². The van der Waals surface area contributed by atoms with Gasteiger partial charge in [-0.25, -0.2) is 0 Å². The Balaban J connectivity index is 2.53. The molecule has 0 spiro atoms. The van der Waals surface area contributed by atoms with Gasteiger partial charge >= 0.3 is 5.97 Å². The van der Waals surface area contributed by atoms with Crippen LogP contribution in [-0.2, 0) is 22.6 Å². The van der Waals surface area contributed by atoms with Crippen LogP contribution in [0.3, 0.4) is 0 Å². The van der Waals surface area contributed by atoms with Crippen molar-refractivity contribution in [3.05, 3.63) is 24.0 Å². The Morgan fingerprint density at radius 1 is 1.69 bits per heavy atom. The number of carbonyl (C=O) groups excluding carboxylic acids is 1. The maximum absolute atomic E-state index is 11.1. The van der Waals surface area contributed by atoms with Crippen LogP contribution in [0.2, 0.25) is 0 Å². The topological polar surface area (TPSA) is 63.5 Å². The van der Waals surface area contributed by atoms with Crippen molar-refractivity contribution in [3.63, 3.8) is 0 Å². The van der Waals surface area contributed by atoms with Gasteiger partial charge in [-0.2, -0.15) is 0 Å². The Bertz CT molecular complexity index is 336. The summed E-state index contributed by atoms with van der Waals surface area (Å²) >= 11 is 0. The van der Waals surface area contributed by atoms with E-state index in [0.717, 1.165) is 5.69 Å². The minimum absolute atomic E-state index is 0.0430. The summed E-state index contributed by atoms with van der Waals surface area (Å²) in [7, 11) is 1.37. The summed E-state index contributed by atoms with van der Waals surface area (Å²) in [5.41, 5.74) is 0.991. The number of methoxy groups -OCH3 is 1. The van der Waals surface area contributed by atoms with E-state index >= 15 is 0 Å². The average molecular weight is 226 g/mol. The highest BCUT2D eigenvalue weighted by molar-refractivity contribution is 5.69. The molecule has 0 saturated carbocycles. The lowest BCUT2D eigenvalue weighted by Gasteiger charge is -2.12. The van der Waals surface area contributed by atoms with Crippen LogP contribution in [0.15, 0.2) is 18.3 Å². The van der Waals surface area contributed by atoms with Crippen LogP contribution in [0, 0.1) is 0 Å². The highest BCUT2D eigenvalue weighted by Gasteiger charge is 2.07. The predicted molar refractivity (Wildman–Crippen MR) is 59.8 cm³/mol. The summed E-state index contributed by atoms with van der Waals surface area (Å²) in [6.45, 7) is 2.82. The first kappa shape index (κ1) is 12.7. The zero-order chi connectivity index (χ0) is 12.0. The third-order valence-electron chi connectivity index (χ3n) is 2.36. The Labute approximate surface area is 95.0 Å². The molecule has 90 valence electrons. The zero-order valence-electron chi connectivity index (χ0n) is 9.64. The third-order valence-corrected chi connectivity index (χ3v) is 2.36. The van der Waals surface area contributed by atoms with Crippen LogP contribution in [0.1, 0.15) is 12.6 Å². The molecule has 0 bridgehead atoms. The van der Waals surface area contributed by atoms with E-state index in [1.165, 1.54) is 7.11 Å². The minimum Gasteiger partial charge on any atom is -0.468 e. The number of aliphatic hydroxyl groups excluding tert-OH is 1. The lowest BCUT2D eigenvalue weighted by Crippen LogP contribution is -2.29. The minimum atomic E-state index is -0.271. The van der Waals surface area contributed by atoms with E-state index in [4.69, 9.17) is 5.11 Å². The number of hydrogen-bond acceptors (Lipinski definition) is 4. The number of aliphatic hydroxyl groups is 1. The molecule has 16 heavy (non-hydrogen) atoms. The van der Waals surface area contributed by atoms with Gasteiger partial charge in [-0.3, -0.25) is 4.79 Å². The smallest absolute Gasteiger partial charge is 0.325 e. The Morgan fingerprint density at radius 2 is 2.44 bits per heavy atom. The Morgan fingerprint density at radius 3 is 3.06 bits per heavy atom. The molecule has 1 atom stereocenters. The molecular formula is C11H18N2O3. The molecule has 5 nitrogen and oxygen atoms in total. The molecule has 0 aliphatic carbocycles. The van der Waals surface area contributed by atoms with Gasteiger partial charge in [0.05, 0.1) is 13.7 Å². The second-order valence-electron chi connectivity index (χ2n) is 3.67. The van der Waals surface area contributed by atoms with Gasteiger partial charge in [0.1, 0.15) is 6.54 Å². The molecule has 0 saturated heterocycles. The van der Waals surface area contributed by atoms with Crippen molar-refractivity contribution in [3.8, 4) is 0 Å². The number of rotatable bonds is 6. The Kier molecular flexibility index (Phi) is 5.01. The van der Waals surface area contributed by atoms with Gasteiger partial charge in [0.2, 0.25) is 0 Å². The molecule has 0 amide bonds. The second-order valence-corrected chi connectivity index (χ2v) is 3.67. The van der Waals surface area contributed by atoms with Crippen LogP contribution in [0.5, 0.6) is 0 Å². The number of hydrogen-bond donors (Lipinski definition) is 2. The van der Waals surface area contributed by atoms with E-state index in [0.29, 0.717) is 6.54 Å². The number of esters is 1. The van der Waals surface area contributed by atoms with E-state index < -0.39 is 0 Å². The number of ether oxygens (including phenoxy) is 1. The average Bonchev–Trinajstić information content (AvgIpc) is 2.73. The van der Waals surface area contributed by atoms with Gasteiger partial charge in [0.15, 0.2) is 0 Å². The van der Waals surface area contributed by atoms with Crippen LogP contribution in [-0.4, -0.2) is 35.4 Å². The summed E-state index contributed by atoms with van der Waals surface area (Å²) in [4.78, 5) is 11.1. The normalized spacial score (nSPS) is 12.4. The first-order valence-electron chi connectivity index (χ1n) is 5.22. The summed E-state index contributed by atoms with van der Waals surface area (Å²) in [6.07, 6.45) is 1.83. The largest absolute Gasteiger partial charge is 0.468 e. The molecule has 2 N–H and O–H groups in total. The number of nitrogens with one attached hydrogen (secondary N) is 1. The van der Waals surface area contributed by atoms with E-state index in [9.17, 15) is 4.79 Å². The van der Waals surface area contributed by atoms with Gasteiger partial charge in [-0.15, -0.1) is 0 Å². The monoisotopic (exact) mass is 226 g/mol. The van der Waals surface area contributed by atoms with Crippen molar-refractivity contribution in [2.45, 2.75) is 26.1 Å². The van der Waals surface area contributed by atoms with Crippen LogP contribution in [0.4, 0.5) is 0 Å². The fraction of sp³-hybridized carbons (Fsp3) is 0.545. The molecule has 0 radical (unpaired) electrons. The molecular weight excluding hydrogens is 208 g/mol. The van der Waals surface area contributed by atoms with Crippen molar-refractivity contribution >= 4 is 5.97 Å². The summed E-state index contributed by atoms with van der Waals surface area (Å²) in [5, 5.41) is 12.0. The van der Waals surface area contributed by atoms with Gasteiger partial charge in [0.25, 0.3) is 0 Å². The van der Waals surface area contributed by atoms with E-state index in [1.807, 2.05) is 29.8 Å². The molecule has 5 heteroatoms. The molecule has 0 unspecified atom stereocenters. The number of carbonyl (C=O) groups is 1. The maximum atomic E-state index is 11.1. The summed E-state index contributed by atoms with van der Waals surface area (Å²) in [6, 6.07) is 3.85. The molecule has 1 aromatic rings. The SMILES string of the molecule is COC(=O)Cn1cccc1CN[C@H](C)CO. The summed E-state index contributed by atoms with van der Waals surface area (Å²) < 4.78 is 6.43. The van der Waals surface area contributed by atoms with Crippen molar-refractivity contribution in [1.82, 2.24) is 9.88 Å². The van der Waals surface area contributed by atoms with Gasteiger partial charge < -0.3 is 19.7 Å². The van der Waals surface area contributed by atoms with E-state index in [1.54, 1.807) is 0 Å². The predicted octanol–water partition coefficient (Wildman–Crippen LogP) is 0.132. The first-order valence-corrected chi connectivity index (χ1v) is 5.22. The second kappa shape index (κ2) is 6.30. The van der Waals surface area contributed by atoms with E-state index in [-0.39, 0.29) is 25.2 Å². The van der Waals surface area contributed by atoms with Crippen molar-refractivity contribution in [2.75, 3.05) is 13.7 Å². The zero-order valence-corrected chi connectivity index (χ0v) is 9.64. The van der Waals surface area contributed by atoms with Crippen molar-refractivity contribution in [2.24, 2.45) is 0 Å². The van der Waals surface area contributed by atoms with Crippen LogP contribution >= 0.6 is 0 Å². The Hall–Kier alpha value is -1.33. The van der Waals surface area contributed by atoms with Crippen molar-refractivity contribution < 1.29 is 14.6 Å². The summed E-state index contributed by atoms with van der Waals surface area (Å²) in [5.74, 6) is -0.271. The number of aromatic nitrogens is 1. The van der Waals surface area contributed by atoms with Crippen molar-refractivity contribution in [1.29, 1.82) is 0 Å². The molecule has 0 aromatic carbocycles. The molecule has 0 aliphatic heterocycles. The molecule has 1 heterocycles. The van der Waals surface area contributed by atoms with Crippen LogP contribution in [0.25, 0.3) is 0 Å². The number of nitrogens with zero attached hydrogens (tertiary/aromatic N) is 1. The third kappa shape index (κ3) is 3.67. The molecule has 0 aliphatic rings. The van der Waals surface area contributed by atoms with Crippen LogP contribution < -0.4 is 5.32 Å². The lowest BCUT2D eigenvalue weighted by molar-refractivity contribution is -0.141. The first-order chi connectivity index (χ1) is 7.67. The van der Waals surface area contributed by atoms with Gasteiger partial charge in [-0.1, -0.05) is 0 Å². The molecule has 0 fully saturated rings. The maximum Gasteiger partial charge on any atom is 0.325 e. The van der Waals surface area contributed by atoms with Gasteiger partial charge in [0, 0.05) is 24.5 Å². The molecule has 1 aromatic heterocycles. The standard InChI is InChI=1S/C11H18N2O3/c1-9(8-14)12-6-10-4-3-5-13(10)7-11(15)16-2/h3-5,9,12,14H,6-8H2,1-2H3/t9-/m1/s1. The quantitative estimate of drug-likeness (QED) is 0.677. The lowest BCUT2D eigenvalue weighted by atomic mass is 10.3. The molecule has 1 rings (SSSR count).